The molecule has 0 radical (unpaired) electrons. The first kappa shape index (κ1) is 15.7. The van der Waals surface area contributed by atoms with Gasteiger partial charge >= 0.3 is 5.97 Å². The molecule has 0 aliphatic carbocycles. The van der Waals surface area contributed by atoms with E-state index in [4.69, 9.17) is 5.53 Å². The van der Waals surface area contributed by atoms with Crippen molar-refractivity contribution in [1.29, 1.82) is 0 Å². The maximum atomic E-state index is 11.3. The van der Waals surface area contributed by atoms with Crippen molar-refractivity contribution in [2.45, 2.75) is 19.8 Å². The molecular formula is C8H16N4O4S. The molecule has 0 rings (SSSR count). The molecule has 0 bridgehead atoms. The number of rotatable bonds is 9. The fourth-order valence-corrected chi connectivity index (χ4v) is 1.98. The zero-order chi connectivity index (χ0) is 13.1. The molecule has 0 aliphatic rings. The molecule has 0 fully saturated rings. The molecule has 8 nitrogen and oxygen atoms in total. The summed E-state index contributed by atoms with van der Waals surface area (Å²) in [6, 6.07) is 0. The minimum absolute atomic E-state index is 0.167. The summed E-state index contributed by atoms with van der Waals surface area (Å²) in [5, 5.41) is 3.26. The van der Waals surface area contributed by atoms with Crippen LogP contribution in [0.25, 0.3) is 10.4 Å². The van der Waals surface area contributed by atoms with E-state index in [-0.39, 0.29) is 31.9 Å². The zero-order valence-corrected chi connectivity index (χ0v) is 10.4. The van der Waals surface area contributed by atoms with Crippen LogP contribution < -0.4 is 4.72 Å². The Morgan fingerprint density at radius 3 is 2.82 bits per heavy atom. The number of nitrogens with zero attached hydrogens (tertiary/aromatic N) is 3. The Morgan fingerprint density at radius 2 is 2.24 bits per heavy atom. The van der Waals surface area contributed by atoms with Gasteiger partial charge in [0.25, 0.3) is 0 Å². The lowest BCUT2D eigenvalue weighted by atomic mass is 10.4. The number of sulfonamides is 1. The summed E-state index contributed by atoms with van der Waals surface area (Å²) >= 11 is 0. The lowest BCUT2D eigenvalue weighted by Gasteiger charge is -2.05. The Balaban J connectivity index is 3.80. The molecule has 0 saturated carbocycles. The van der Waals surface area contributed by atoms with E-state index < -0.39 is 16.0 Å². The maximum Gasteiger partial charge on any atom is 0.306 e. The van der Waals surface area contributed by atoms with Crippen molar-refractivity contribution in [2.24, 2.45) is 5.11 Å². The Hall–Kier alpha value is -1.31. The molecule has 9 heteroatoms. The van der Waals surface area contributed by atoms with Crippen molar-refractivity contribution in [3.05, 3.63) is 10.4 Å². The van der Waals surface area contributed by atoms with Crippen LogP contribution >= 0.6 is 0 Å². The van der Waals surface area contributed by atoms with Crippen molar-refractivity contribution in [2.75, 3.05) is 25.4 Å². The Morgan fingerprint density at radius 1 is 1.53 bits per heavy atom. The summed E-state index contributed by atoms with van der Waals surface area (Å²) < 4.78 is 29.6. The van der Waals surface area contributed by atoms with Crippen LogP contribution in [0.1, 0.15) is 19.8 Å². The molecule has 0 aromatic heterocycles. The second-order valence-electron chi connectivity index (χ2n) is 3.08. The van der Waals surface area contributed by atoms with Crippen LogP contribution in [0.15, 0.2) is 5.11 Å². The number of hydrogen-bond donors (Lipinski definition) is 1. The van der Waals surface area contributed by atoms with Gasteiger partial charge in [0.05, 0.1) is 18.8 Å². The predicted octanol–water partition coefficient (Wildman–Crippen LogP) is 0.559. The molecule has 0 spiro atoms. The molecule has 0 heterocycles. The highest BCUT2D eigenvalue weighted by Gasteiger charge is 2.12. The maximum absolute atomic E-state index is 11.3. The smallest absolute Gasteiger partial charge is 0.306 e. The first-order valence-corrected chi connectivity index (χ1v) is 6.81. The van der Waals surface area contributed by atoms with E-state index in [1.54, 1.807) is 6.92 Å². The van der Waals surface area contributed by atoms with E-state index in [0.717, 1.165) is 0 Å². The number of esters is 1. The van der Waals surface area contributed by atoms with E-state index in [9.17, 15) is 13.2 Å². The molecule has 0 amide bonds. The average molecular weight is 264 g/mol. The summed E-state index contributed by atoms with van der Waals surface area (Å²) in [4.78, 5) is 13.5. The Labute approximate surface area is 100 Å². The van der Waals surface area contributed by atoms with Crippen molar-refractivity contribution < 1.29 is 17.9 Å². The number of azide groups is 1. The van der Waals surface area contributed by atoms with Crippen molar-refractivity contribution >= 4 is 16.0 Å². The normalized spacial score (nSPS) is 10.6. The molecule has 0 saturated heterocycles. The molecule has 98 valence electrons. The minimum atomic E-state index is -3.47. The molecule has 0 unspecified atom stereocenters. The van der Waals surface area contributed by atoms with Gasteiger partial charge < -0.3 is 4.74 Å². The lowest BCUT2D eigenvalue weighted by Crippen LogP contribution is -2.29. The van der Waals surface area contributed by atoms with Gasteiger partial charge in [-0.3, -0.25) is 4.79 Å². The molecule has 0 aliphatic heterocycles. The van der Waals surface area contributed by atoms with Gasteiger partial charge in [-0.05, 0) is 18.9 Å². The summed E-state index contributed by atoms with van der Waals surface area (Å²) in [5.41, 5.74) is 7.99. The molecular weight excluding hydrogens is 248 g/mol. The third kappa shape index (κ3) is 9.61. The number of ether oxygens (including phenoxy) is 1. The van der Waals surface area contributed by atoms with Crippen LogP contribution in [0.3, 0.4) is 0 Å². The van der Waals surface area contributed by atoms with Crippen LogP contribution in [0.4, 0.5) is 0 Å². The van der Waals surface area contributed by atoms with Crippen LogP contribution in [0.2, 0.25) is 0 Å². The van der Waals surface area contributed by atoms with Gasteiger partial charge in [0.2, 0.25) is 10.0 Å². The average Bonchev–Trinajstić information content (AvgIpc) is 2.27. The van der Waals surface area contributed by atoms with Gasteiger partial charge in [-0.25, -0.2) is 13.1 Å². The van der Waals surface area contributed by atoms with E-state index in [1.165, 1.54) is 0 Å². The summed E-state index contributed by atoms with van der Waals surface area (Å²) in [5.74, 6) is -0.833. The molecule has 1 N–H and O–H groups in total. The molecule has 0 aromatic rings. The quantitative estimate of drug-likeness (QED) is 0.215. The van der Waals surface area contributed by atoms with Gasteiger partial charge in [0, 0.05) is 18.0 Å². The predicted molar refractivity (Wildman–Crippen MR) is 61.7 cm³/mol. The first-order chi connectivity index (χ1) is 8.02. The van der Waals surface area contributed by atoms with E-state index in [0.29, 0.717) is 6.42 Å². The lowest BCUT2D eigenvalue weighted by molar-refractivity contribution is -0.142. The largest absolute Gasteiger partial charge is 0.466 e. The van der Waals surface area contributed by atoms with Crippen molar-refractivity contribution in [3.63, 3.8) is 0 Å². The fourth-order valence-electron chi connectivity index (χ4n) is 0.945. The van der Waals surface area contributed by atoms with Crippen LogP contribution in [0, 0.1) is 0 Å². The Kier molecular flexibility index (Phi) is 8.12. The fraction of sp³-hybridized carbons (Fsp3) is 0.875. The van der Waals surface area contributed by atoms with Gasteiger partial charge in [-0.1, -0.05) is 5.11 Å². The molecule has 0 atom stereocenters. The van der Waals surface area contributed by atoms with Gasteiger partial charge in [0.15, 0.2) is 0 Å². The van der Waals surface area contributed by atoms with Crippen molar-refractivity contribution in [1.82, 2.24) is 4.72 Å². The zero-order valence-electron chi connectivity index (χ0n) is 9.63. The summed E-state index contributed by atoms with van der Waals surface area (Å²) in [7, 11) is -3.47. The van der Waals surface area contributed by atoms with E-state index >= 15 is 0 Å². The second kappa shape index (κ2) is 8.80. The Bertz CT molecular complexity index is 375. The van der Waals surface area contributed by atoms with Gasteiger partial charge in [0.1, 0.15) is 0 Å². The number of carbonyl (C=O) groups is 1. The second-order valence-corrected chi connectivity index (χ2v) is 5.00. The van der Waals surface area contributed by atoms with Gasteiger partial charge in [-0.2, -0.15) is 0 Å². The molecule has 17 heavy (non-hydrogen) atoms. The molecule has 0 aromatic carbocycles. The third-order valence-electron chi connectivity index (χ3n) is 1.70. The van der Waals surface area contributed by atoms with E-state index in [1.807, 2.05) is 0 Å². The van der Waals surface area contributed by atoms with Crippen molar-refractivity contribution in [3.8, 4) is 0 Å². The van der Waals surface area contributed by atoms with E-state index in [2.05, 4.69) is 19.5 Å². The third-order valence-corrected chi connectivity index (χ3v) is 3.09. The first-order valence-electron chi connectivity index (χ1n) is 5.15. The minimum Gasteiger partial charge on any atom is -0.466 e. The highest BCUT2D eigenvalue weighted by molar-refractivity contribution is 7.89. The number of hydrogen-bond acceptors (Lipinski definition) is 5. The highest BCUT2D eigenvalue weighted by Crippen LogP contribution is 1.93. The number of carbonyl (C=O) groups excluding carboxylic acids is 1. The van der Waals surface area contributed by atoms with Crippen LogP contribution in [-0.2, 0) is 19.6 Å². The van der Waals surface area contributed by atoms with Crippen LogP contribution in [-0.4, -0.2) is 39.8 Å². The summed E-state index contributed by atoms with van der Waals surface area (Å²) in [6.45, 7) is 2.31. The van der Waals surface area contributed by atoms with Crippen LogP contribution in [0.5, 0.6) is 0 Å². The standard InChI is InChI=1S/C8H16N4O4S/c1-2-16-8(13)4-7-17(14,15)11-6-3-5-10-12-9/h11H,2-7H2,1H3. The topological polar surface area (TPSA) is 121 Å². The highest BCUT2D eigenvalue weighted by atomic mass is 32.2. The van der Waals surface area contributed by atoms with Gasteiger partial charge in [-0.15, -0.1) is 0 Å². The number of nitrogens with one attached hydrogen (secondary N) is 1. The monoisotopic (exact) mass is 264 g/mol. The SMILES string of the molecule is CCOC(=O)CCS(=O)(=O)NCCCN=[N+]=[N-]. The summed E-state index contributed by atoms with van der Waals surface area (Å²) in [6.07, 6.45) is 0.252.